The van der Waals surface area contributed by atoms with Gasteiger partial charge in [-0.2, -0.15) is 0 Å². The van der Waals surface area contributed by atoms with Gasteiger partial charge >= 0.3 is 0 Å². The van der Waals surface area contributed by atoms with Crippen molar-refractivity contribution in [3.63, 3.8) is 0 Å². The van der Waals surface area contributed by atoms with E-state index in [0.717, 1.165) is 17.5 Å². The van der Waals surface area contributed by atoms with E-state index in [4.69, 9.17) is 4.74 Å². The maximum absolute atomic E-state index is 4.83. The Hall–Kier alpha value is -0.0800. The molecule has 0 radical (unpaired) electrons. The topological polar surface area (TPSA) is 9.23 Å². The number of methoxy groups -OCH3 is 1. The van der Waals surface area contributed by atoms with Gasteiger partial charge in [0.1, 0.15) is 0 Å². The molecule has 2 heteroatoms. The number of hydrogen-bond donors (Lipinski definition) is 0. The number of hydrogen-bond acceptors (Lipinski definition) is 1. The molecule has 0 fully saturated rings. The van der Waals surface area contributed by atoms with Crippen LogP contribution in [0.3, 0.4) is 0 Å². The lowest BCUT2D eigenvalue weighted by Gasteiger charge is -1.89. The van der Waals surface area contributed by atoms with Crippen molar-refractivity contribution in [3.05, 3.63) is 23.2 Å². The van der Waals surface area contributed by atoms with Crippen LogP contribution in [0, 0.1) is 0 Å². The van der Waals surface area contributed by atoms with Crippen LogP contribution in [0.5, 0.6) is 0 Å². The normalized spacial score (nSPS) is 10.4. The molecule has 9 heavy (non-hydrogen) atoms. The van der Waals surface area contributed by atoms with E-state index in [2.05, 4.69) is 22.5 Å². The van der Waals surface area contributed by atoms with Gasteiger partial charge in [0.2, 0.25) is 0 Å². The van der Waals surface area contributed by atoms with Gasteiger partial charge in [0, 0.05) is 18.2 Å². The molecule has 0 amide bonds. The van der Waals surface area contributed by atoms with Crippen LogP contribution in [0.2, 0.25) is 0 Å². The van der Waals surface area contributed by atoms with E-state index in [-0.39, 0.29) is 0 Å². The Morgan fingerprint density at radius 3 is 2.89 bits per heavy atom. The number of ether oxygens (including phenoxy) is 1. The first-order valence-corrected chi connectivity index (χ1v) is 3.56. The fourth-order valence-electron chi connectivity index (χ4n) is 0.397. The molecule has 0 aromatic carbocycles. The van der Waals surface area contributed by atoms with Gasteiger partial charge < -0.3 is 4.74 Å². The van der Waals surface area contributed by atoms with Crippen molar-refractivity contribution in [1.82, 2.24) is 0 Å². The fourth-order valence-corrected chi connectivity index (χ4v) is 0.584. The highest BCUT2D eigenvalue weighted by Crippen LogP contribution is 2.01. The van der Waals surface area contributed by atoms with Crippen LogP contribution >= 0.6 is 15.9 Å². The van der Waals surface area contributed by atoms with Gasteiger partial charge in [0.15, 0.2) is 0 Å². The van der Waals surface area contributed by atoms with E-state index >= 15 is 0 Å². The summed E-state index contributed by atoms with van der Waals surface area (Å²) in [6.07, 6.45) is 4.88. The molecule has 0 aliphatic rings. The second kappa shape index (κ2) is 6.05. The summed E-state index contributed by atoms with van der Waals surface area (Å²) in [5.41, 5.74) is 0. The van der Waals surface area contributed by atoms with Crippen LogP contribution in [0.25, 0.3) is 0 Å². The first-order valence-electron chi connectivity index (χ1n) is 2.77. The van der Waals surface area contributed by atoms with Crippen LogP contribution in [0.4, 0.5) is 0 Å². The molecule has 52 valence electrons. The second-order valence-electron chi connectivity index (χ2n) is 1.63. The average Bonchev–Trinajstić information content (AvgIpc) is 1.80. The fraction of sp³-hybridized carbons (Fsp3) is 0.429. The van der Waals surface area contributed by atoms with E-state index in [0.29, 0.717) is 0 Å². The quantitative estimate of drug-likeness (QED) is 0.490. The summed E-state index contributed by atoms with van der Waals surface area (Å²) in [4.78, 5) is 0. The molecule has 0 aliphatic carbocycles. The molecule has 0 aromatic heterocycles. The summed E-state index contributed by atoms with van der Waals surface area (Å²) >= 11 is 3.20. The van der Waals surface area contributed by atoms with E-state index in [1.165, 1.54) is 0 Å². The van der Waals surface area contributed by atoms with E-state index in [1.807, 2.05) is 12.2 Å². The summed E-state index contributed by atoms with van der Waals surface area (Å²) < 4.78 is 5.73. The third-order valence-corrected chi connectivity index (χ3v) is 1.05. The van der Waals surface area contributed by atoms with Gasteiger partial charge in [0.25, 0.3) is 0 Å². The third-order valence-electron chi connectivity index (χ3n) is 0.787. The molecule has 0 heterocycles. The molecular formula is C7H11BrO. The number of allylic oxidation sites excluding steroid dienone is 2. The van der Waals surface area contributed by atoms with Crippen LogP contribution in [-0.2, 0) is 4.74 Å². The molecule has 0 bridgehead atoms. The zero-order valence-electron chi connectivity index (χ0n) is 5.56. The summed E-state index contributed by atoms with van der Waals surface area (Å²) in [6, 6.07) is 0. The highest BCUT2D eigenvalue weighted by Gasteiger charge is 1.77. The lowest BCUT2D eigenvalue weighted by molar-refractivity contribution is 0.204. The lowest BCUT2D eigenvalue weighted by Crippen LogP contribution is -1.83. The molecular weight excluding hydrogens is 180 g/mol. The van der Waals surface area contributed by atoms with Crippen molar-refractivity contribution < 1.29 is 4.74 Å². The van der Waals surface area contributed by atoms with E-state index in [1.54, 1.807) is 7.11 Å². The Labute approximate surface area is 64.5 Å². The zero-order valence-corrected chi connectivity index (χ0v) is 7.15. The SMILES string of the molecule is C=C(Br)/C=C/CCOC. The molecule has 0 N–H and O–H groups in total. The molecule has 0 rings (SSSR count). The average molecular weight is 191 g/mol. The standard InChI is InChI=1S/C7H11BrO/c1-7(8)5-3-4-6-9-2/h3,5H,1,4,6H2,2H3/b5-3+. The van der Waals surface area contributed by atoms with Crippen LogP contribution in [-0.4, -0.2) is 13.7 Å². The Bertz CT molecular complexity index is 107. The summed E-state index contributed by atoms with van der Waals surface area (Å²) in [5.74, 6) is 0. The molecule has 0 atom stereocenters. The largest absolute Gasteiger partial charge is 0.384 e. The predicted molar refractivity (Wildman–Crippen MR) is 43.7 cm³/mol. The van der Waals surface area contributed by atoms with Gasteiger partial charge in [-0.1, -0.05) is 34.7 Å². The first kappa shape index (κ1) is 8.92. The Balaban J connectivity index is 3.15. The molecule has 0 saturated carbocycles. The molecule has 0 unspecified atom stereocenters. The maximum Gasteiger partial charge on any atom is 0.0496 e. The minimum absolute atomic E-state index is 0.775. The van der Waals surface area contributed by atoms with Gasteiger partial charge in [-0.25, -0.2) is 0 Å². The molecule has 0 aromatic rings. The van der Waals surface area contributed by atoms with Crippen molar-refractivity contribution in [2.75, 3.05) is 13.7 Å². The van der Waals surface area contributed by atoms with Gasteiger partial charge in [0.05, 0.1) is 0 Å². The van der Waals surface area contributed by atoms with Crippen LogP contribution in [0.15, 0.2) is 23.2 Å². The van der Waals surface area contributed by atoms with Gasteiger partial charge in [-0.15, -0.1) is 0 Å². The van der Waals surface area contributed by atoms with Gasteiger partial charge in [-0.05, 0) is 6.42 Å². The van der Waals surface area contributed by atoms with Crippen molar-refractivity contribution >= 4 is 15.9 Å². The smallest absolute Gasteiger partial charge is 0.0496 e. The number of halogens is 1. The Kier molecular flexibility index (Phi) is 5.99. The van der Waals surface area contributed by atoms with Crippen molar-refractivity contribution in [3.8, 4) is 0 Å². The van der Waals surface area contributed by atoms with E-state index in [9.17, 15) is 0 Å². The molecule has 0 saturated heterocycles. The lowest BCUT2D eigenvalue weighted by atomic mass is 10.4. The Morgan fingerprint density at radius 2 is 2.44 bits per heavy atom. The Morgan fingerprint density at radius 1 is 1.78 bits per heavy atom. The first-order chi connectivity index (χ1) is 4.27. The van der Waals surface area contributed by atoms with Crippen molar-refractivity contribution in [1.29, 1.82) is 0 Å². The molecule has 0 spiro atoms. The minimum atomic E-state index is 0.775. The van der Waals surface area contributed by atoms with Gasteiger partial charge in [-0.3, -0.25) is 0 Å². The summed E-state index contributed by atoms with van der Waals surface area (Å²) in [7, 11) is 1.69. The van der Waals surface area contributed by atoms with E-state index < -0.39 is 0 Å². The second-order valence-corrected chi connectivity index (χ2v) is 2.65. The highest BCUT2D eigenvalue weighted by atomic mass is 79.9. The number of rotatable bonds is 4. The summed E-state index contributed by atoms with van der Waals surface area (Å²) in [5, 5.41) is 0. The van der Waals surface area contributed by atoms with Crippen molar-refractivity contribution in [2.24, 2.45) is 0 Å². The highest BCUT2D eigenvalue weighted by molar-refractivity contribution is 9.11. The van der Waals surface area contributed by atoms with Crippen LogP contribution in [0.1, 0.15) is 6.42 Å². The predicted octanol–water partition coefficient (Wildman–Crippen LogP) is 2.49. The monoisotopic (exact) mass is 190 g/mol. The minimum Gasteiger partial charge on any atom is -0.384 e. The van der Waals surface area contributed by atoms with Crippen LogP contribution < -0.4 is 0 Å². The molecule has 1 nitrogen and oxygen atoms in total. The summed E-state index contributed by atoms with van der Waals surface area (Å²) in [6.45, 7) is 4.42. The zero-order chi connectivity index (χ0) is 7.11. The molecule has 0 aliphatic heterocycles. The van der Waals surface area contributed by atoms with Crippen molar-refractivity contribution in [2.45, 2.75) is 6.42 Å². The maximum atomic E-state index is 4.83. The third kappa shape index (κ3) is 7.92.